The molecule has 1 aliphatic rings. The quantitative estimate of drug-likeness (QED) is 0.384. The Morgan fingerprint density at radius 1 is 1.17 bits per heavy atom. The van der Waals surface area contributed by atoms with Gasteiger partial charge >= 0.3 is 0 Å². The molecule has 158 valence electrons. The first-order valence-corrected chi connectivity index (χ1v) is 9.95. The van der Waals surface area contributed by atoms with Gasteiger partial charge in [0.2, 0.25) is 5.91 Å². The summed E-state index contributed by atoms with van der Waals surface area (Å²) in [4.78, 5) is 23.8. The Morgan fingerprint density at radius 2 is 1.86 bits per heavy atom. The molecule has 1 fully saturated rings. The van der Waals surface area contributed by atoms with Crippen molar-refractivity contribution in [2.24, 2.45) is 9.98 Å². The minimum Gasteiger partial charge on any atom is -0.379 e. The van der Waals surface area contributed by atoms with E-state index in [9.17, 15) is 4.79 Å². The van der Waals surface area contributed by atoms with E-state index in [0.717, 1.165) is 35.5 Å². The number of amides is 1. The molecule has 0 atom stereocenters. The Hall–Kier alpha value is -2.57. The summed E-state index contributed by atoms with van der Waals surface area (Å²) in [6.07, 6.45) is 11.0. The first kappa shape index (κ1) is 24.5. The number of nitrogens with one attached hydrogen (secondary N) is 1. The van der Waals surface area contributed by atoms with Gasteiger partial charge in [0.15, 0.2) is 0 Å². The van der Waals surface area contributed by atoms with E-state index in [4.69, 9.17) is 4.74 Å². The van der Waals surface area contributed by atoms with E-state index in [1.165, 1.54) is 0 Å². The average Bonchev–Trinajstić information content (AvgIpc) is 2.70. The third kappa shape index (κ3) is 8.13. The maximum absolute atomic E-state index is 12.7. The molecule has 0 aromatic rings. The summed E-state index contributed by atoms with van der Waals surface area (Å²) in [7, 11) is 0. The topological polar surface area (TPSA) is 66.3 Å². The lowest BCUT2D eigenvalue weighted by Gasteiger charge is -2.26. The normalized spacial score (nSPS) is 18.0. The van der Waals surface area contributed by atoms with Crippen molar-refractivity contribution in [2.45, 2.75) is 34.6 Å². The fourth-order valence-corrected chi connectivity index (χ4v) is 2.84. The third-order valence-electron chi connectivity index (χ3n) is 4.19. The molecule has 0 spiro atoms. The van der Waals surface area contributed by atoms with Crippen molar-refractivity contribution in [1.29, 1.82) is 0 Å². The smallest absolute Gasteiger partial charge is 0.239 e. The van der Waals surface area contributed by atoms with Crippen molar-refractivity contribution in [1.82, 2.24) is 10.2 Å². The Bertz CT molecular complexity index is 749. The highest BCUT2D eigenvalue weighted by molar-refractivity contribution is 6.11. The minimum absolute atomic E-state index is 0.114. The number of rotatable bonds is 8. The molecule has 0 unspecified atom stereocenters. The number of allylic oxidation sites excluding steroid dienone is 6. The first-order chi connectivity index (χ1) is 14.0. The second kappa shape index (κ2) is 13.6. The van der Waals surface area contributed by atoms with Crippen LogP contribution in [0.5, 0.6) is 0 Å². The molecule has 0 saturated carbocycles. The standard InChI is InChI=1S/C23H34N4O2/c1-7-11-20(18(5)6)22(24-10-4)19(9-3)23(25-12-8-2)26-21(28)17-27-13-15-29-16-14-27/h7-12H,5,13-17H2,1-4,6H3,(H,25,26,28)/b11-7-,12-8+,19-9-,22-20-,24-10?. The minimum atomic E-state index is -0.114. The Kier molecular flexibility index (Phi) is 11.5. The number of ether oxygens (including phenoxy) is 1. The van der Waals surface area contributed by atoms with Crippen LogP contribution in [0.4, 0.5) is 0 Å². The predicted molar refractivity (Wildman–Crippen MR) is 122 cm³/mol. The average molecular weight is 399 g/mol. The summed E-state index contributed by atoms with van der Waals surface area (Å²) in [5.74, 6) is 0.352. The number of carbonyl (C=O) groups excluding carboxylic acids is 1. The fraction of sp³-hybridized carbons (Fsp3) is 0.435. The molecular weight excluding hydrogens is 364 g/mol. The number of hydrogen-bond donors (Lipinski definition) is 1. The third-order valence-corrected chi connectivity index (χ3v) is 4.19. The second-order valence-electron chi connectivity index (χ2n) is 6.53. The number of carbonyl (C=O) groups is 1. The Morgan fingerprint density at radius 3 is 2.38 bits per heavy atom. The molecule has 29 heavy (non-hydrogen) atoms. The van der Waals surface area contributed by atoms with Gasteiger partial charge in [0, 0.05) is 36.7 Å². The van der Waals surface area contributed by atoms with Crippen molar-refractivity contribution in [3.05, 3.63) is 59.5 Å². The van der Waals surface area contributed by atoms with Crippen LogP contribution in [0.15, 0.2) is 69.5 Å². The summed E-state index contributed by atoms with van der Waals surface area (Å²) in [5, 5.41) is 2.97. The predicted octanol–water partition coefficient (Wildman–Crippen LogP) is 3.81. The van der Waals surface area contributed by atoms with Crippen LogP contribution >= 0.6 is 0 Å². The van der Waals surface area contributed by atoms with E-state index in [-0.39, 0.29) is 5.91 Å². The Labute approximate surface area is 175 Å². The number of amidine groups is 1. The van der Waals surface area contributed by atoms with Crippen LogP contribution in [0, 0.1) is 0 Å². The number of nitrogens with zero attached hydrogens (tertiary/aromatic N) is 3. The zero-order valence-electron chi connectivity index (χ0n) is 18.4. The SMILES string of the molecule is C=C(C)C(/C=C\C)=C(N=CC)/C(=C/C)C(=N/C=C/C)/NC(=O)CN1CCOCC1. The molecule has 0 aromatic heterocycles. The van der Waals surface area contributed by atoms with Crippen LogP contribution in [0.2, 0.25) is 0 Å². The van der Waals surface area contributed by atoms with Gasteiger partial charge in [0.25, 0.3) is 0 Å². The van der Waals surface area contributed by atoms with Crippen LogP contribution in [0.3, 0.4) is 0 Å². The number of aliphatic imine (C=N–C) groups is 2. The number of hydrogen-bond acceptors (Lipinski definition) is 5. The zero-order chi connectivity index (χ0) is 21.6. The molecule has 6 nitrogen and oxygen atoms in total. The van der Waals surface area contributed by atoms with Crippen molar-refractivity contribution >= 4 is 18.0 Å². The molecule has 0 aliphatic carbocycles. The molecule has 1 N–H and O–H groups in total. The zero-order valence-corrected chi connectivity index (χ0v) is 18.4. The van der Waals surface area contributed by atoms with Crippen LogP contribution in [-0.2, 0) is 9.53 Å². The van der Waals surface area contributed by atoms with Gasteiger partial charge in [-0.25, -0.2) is 4.99 Å². The molecule has 0 aromatic carbocycles. The van der Waals surface area contributed by atoms with Crippen LogP contribution < -0.4 is 5.32 Å². The van der Waals surface area contributed by atoms with E-state index >= 15 is 0 Å². The molecule has 1 amide bonds. The van der Waals surface area contributed by atoms with E-state index in [1.807, 2.05) is 58.9 Å². The van der Waals surface area contributed by atoms with Gasteiger partial charge in [-0.1, -0.05) is 30.9 Å². The van der Waals surface area contributed by atoms with Crippen LogP contribution in [0.25, 0.3) is 0 Å². The van der Waals surface area contributed by atoms with Crippen molar-refractivity contribution in [2.75, 3.05) is 32.8 Å². The van der Waals surface area contributed by atoms with Gasteiger partial charge in [0.05, 0.1) is 25.5 Å². The summed E-state index contributed by atoms with van der Waals surface area (Å²) in [6, 6.07) is 0. The van der Waals surface area contributed by atoms with Gasteiger partial charge in [-0.2, -0.15) is 0 Å². The Balaban J connectivity index is 3.28. The molecule has 1 aliphatic heterocycles. The molecule has 0 radical (unpaired) electrons. The fourth-order valence-electron chi connectivity index (χ4n) is 2.84. The van der Waals surface area contributed by atoms with Gasteiger partial charge in [0.1, 0.15) is 5.84 Å². The van der Waals surface area contributed by atoms with E-state index in [0.29, 0.717) is 25.6 Å². The summed E-state index contributed by atoms with van der Waals surface area (Å²) < 4.78 is 5.35. The summed E-state index contributed by atoms with van der Waals surface area (Å²) >= 11 is 0. The highest BCUT2D eigenvalue weighted by Crippen LogP contribution is 2.23. The summed E-state index contributed by atoms with van der Waals surface area (Å²) in [6.45, 7) is 16.7. The molecule has 0 bridgehead atoms. The van der Waals surface area contributed by atoms with Gasteiger partial charge < -0.3 is 10.1 Å². The lowest BCUT2D eigenvalue weighted by atomic mass is 10.00. The van der Waals surface area contributed by atoms with Crippen molar-refractivity contribution in [3.63, 3.8) is 0 Å². The lowest BCUT2D eigenvalue weighted by molar-refractivity contribution is -0.121. The number of morpholine rings is 1. The first-order valence-electron chi connectivity index (χ1n) is 9.95. The second-order valence-corrected chi connectivity index (χ2v) is 6.53. The molecule has 1 heterocycles. The van der Waals surface area contributed by atoms with Gasteiger partial charge in [-0.05, 0) is 40.2 Å². The molecular formula is C23H34N4O2. The maximum atomic E-state index is 12.7. The highest BCUT2D eigenvalue weighted by Gasteiger charge is 2.19. The monoisotopic (exact) mass is 398 g/mol. The van der Waals surface area contributed by atoms with E-state index in [1.54, 1.807) is 12.4 Å². The maximum Gasteiger partial charge on any atom is 0.239 e. The van der Waals surface area contributed by atoms with Crippen molar-refractivity contribution in [3.8, 4) is 0 Å². The lowest BCUT2D eigenvalue weighted by Crippen LogP contribution is -2.45. The van der Waals surface area contributed by atoms with Crippen molar-refractivity contribution < 1.29 is 9.53 Å². The van der Waals surface area contributed by atoms with Gasteiger partial charge in [-0.3, -0.25) is 14.7 Å². The van der Waals surface area contributed by atoms with Crippen LogP contribution in [-0.4, -0.2) is 55.7 Å². The molecule has 1 rings (SSSR count). The largest absolute Gasteiger partial charge is 0.379 e. The van der Waals surface area contributed by atoms with Gasteiger partial charge in [-0.15, -0.1) is 0 Å². The van der Waals surface area contributed by atoms with E-state index in [2.05, 4.69) is 26.8 Å². The summed E-state index contributed by atoms with van der Waals surface area (Å²) in [5.41, 5.74) is 3.24. The molecule has 6 heteroatoms. The van der Waals surface area contributed by atoms with Crippen LogP contribution in [0.1, 0.15) is 34.6 Å². The molecule has 1 saturated heterocycles. The van der Waals surface area contributed by atoms with E-state index < -0.39 is 0 Å². The highest BCUT2D eigenvalue weighted by atomic mass is 16.5.